The van der Waals surface area contributed by atoms with Crippen LogP contribution in [0.15, 0.2) is 40.9 Å². The average molecular weight is 321 g/mol. The van der Waals surface area contributed by atoms with E-state index in [0.29, 0.717) is 11.4 Å². The molecule has 0 radical (unpaired) electrons. The monoisotopic (exact) mass is 320 g/mol. The summed E-state index contributed by atoms with van der Waals surface area (Å²) in [5, 5.41) is 12.4. The molecule has 98 valence electrons. The summed E-state index contributed by atoms with van der Waals surface area (Å²) in [6.45, 7) is 1.85. The van der Waals surface area contributed by atoms with E-state index in [4.69, 9.17) is 5.73 Å². The lowest BCUT2D eigenvalue weighted by atomic mass is 10.1. The maximum absolute atomic E-state index is 12.1. The number of anilines is 2. The Morgan fingerprint density at radius 3 is 2.63 bits per heavy atom. The molecule has 5 heteroatoms. The van der Waals surface area contributed by atoms with Gasteiger partial charge in [-0.15, -0.1) is 0 Å². The molecule has 0 saturated carbocycles. The molecule has 0 aliphatic carbocycles. The van der Waals surface area contributed by atoms with Crippen LogP contribution in [-0.2, 0) is 0 Å². The molecular weight excluding hydrogens is 308 g/mol. The van der Waals surface area contributed by atoms with Gasteiger partial charge in [-0.05, 0) is 36.8 Å². The van der Waals surface area contributed by atoms with E-state index in [0.717, 1.165) is 10.0 Å². The number of amides is 1. The number of nitrogens with two attached hydrogens (primary N) is 1. The van der Waals surface area contributed by atoms with Gasteiger partial charge in [-0.3, -0.25) is 4.79 Å². The number of carbonyl (C=O) groups excluding carboxylic acids is 1. The molecule has 0 aliphatic heterocycles. The molecule has 0 saturated heterocycles. The lowest BCUT2D eigenvalue weighted by molar-refractivity contribution is 0.102. The van der Waals surface area contributed by atoms with Gasteiger partial charge in [0.25, 0.3) is 5.91 Å². The van der Waals surface area contributed by atoms with Crippen LogP contribution in [0, 0.1) is 6.92 Å². The predicted molar refractivity (Wildman–Crippen MR) is 79.4 cm³/mol. The van der Waals surface area contributed by atoms with Crippen LogP contribution >= 0.6 is 15.9 Å². The van der Waals surface area contributed by atoms with Crippen molar-refractivity contribution in [1.29, 1.82) is 0 Å². The highest BCUT2D eigenvalue weighted by Crippen LogP contribution is 2.28. The van der Waals surface area contributed by atoms with Crippen molar-refractivity contribution < 1.29 is 9.90 Å². The molecule has 4 N–H and O–H groups in total. The van der Waals surface area contributed by atoms with E-state index in [1.807, 2.05) is 13.0 Å². The van der Waals surface area contributed by atoms with Crippen molar-refractivity contribution in [2.45, 2.75) is 6.92 Å². The molecule has 2 aromatic carbocycles. The zero-order valence-electron chi connectivity index (χ0n) is 10.3. The normalized spacial score (nSPS) is 10.2. The van der Waals surface area contributed by atoms with E-state index in [1.165, 1.54) is 6.07 Å². The smallest absolute Gasteiger partial charge is 0.259 e. The maximum atomic E-state index is 12.1. The largest absolute Gasteiger partial charge is 0.507 e. The first-order chi connectivity index (χ1) is 8.99. The third kappa shape index (κ3) is 2.88. The lowest BCUT2D eigenvalue weighted by Crippen LogP contribution is -2.14. The van der Waals surface area contributed by atoms with Crippen molar-refractivity contribution in [2.24, 2.45) is 0 Å². The number of rotatable bonds is 2. The fraction of sp³-hybridized carbons (Fsp3) is 0.0714. The molecule has 0 aliphatic rings. The minimum atomic E-state index is -0.393. The maximum Gasteiger partial charge on any atom is 0.259 e. The Kier molecular flexibility index (Phi) is 3.76. The second-order valence-electron chi connectivity index (χ2n) is 4.16. The molecule has 19 heavy (non-hydrogen) atoms. The van der Waals surface area contributed by atoms with Gasteiger partial charge in [-0.1, -0.05) is 28.1 Å². The number of phenols is 1. The Balaban J connectivity index is 2.32. The second kappa shape index (κ2) is 5.32. The molecule has 2 rings (SSSR count). The minimum absolute atomic E-state index is 0.0617. The predicted octanol–water partition coefficient (Wildman–Crippen LogP) is 3.30. The Hall–Kier alpha value is -2.01. The van der Waals surface area contributed by atoms with E-state index >= 15 is 0 Å². The molecule has 0 atom stereocenters. The Bertz CT molecular complexity index is 618. The van der Waals surface area contributed by atoms with Gasteiger partial charge in [0.2, 0.25) is 0 Å². The minimum Gasteiger partial charge on any atom is -0.507 e. The molecule has 0 unspecified atom stereocenters. The number of halogens is 1. The SMILES string of the molecule is Cc1cc(Br)cc(N)c1NC(=O)c1ccccc1O. The average Bonchev–Trinajstić information content (AvgIpc) is 2.34. The summed E-state index contributed by atoms with van der Waals surface area (Å²) >= 11 is 3.34. The van der Waals surface area contributed by atoms with Gasteiger partial charge in [0.1, 0.15) is 5.75 Å². The van der Waals surface area contributed by atoms with Crippen LogP contribution < -0.4 is 11.1 Å². The topological polar surface area (TPSA) is 75.3 Å². The zero-order valence-corrected chi connectivity index (χ0v) is 11.9. The third-order valence-electron chi connectivity index (χ3n) is 2.72. The van der Waals surface area contributed by atoms with E-state index in [-0.39, 0.29) is 11.3 Å². The van der Waals surface area contributed by atoms with Crippen LogP contribution in [0.25, 0.3) is 0 Å². The first-order valence-electron chi connectivity index (χ1n) is 5.64. The van der Waals surface area contributed by atoms with Crippen molar-refractivity contribution in [1.82, 2.24) is 0 Å². The number of nitrogen functional groups attached to an aromatic ring is 1. The van der Waals surface area contributed by atoms with Crippen molar-refractivity contribution in [3.05, 3.63) is 52.0 Å². The number of para-hydroxylation sites is 1. The first kappa shape index (κ1) is 13.4. The number of phenolic OH excluding ortho intramolecular Hbond substituents is 1. The highest BCUT2D eigenvalue weighted by Gasteiger charge is 2.13. The van der Waals surface area contributed by atoms with Crippen molar-refractivity contribution >= 4 is 33.2 Å². The summed E-state index contributed by atoms with van der Waals surface area (Å²) < 4.78 is 0.850. The fourth-order valence-electron chi connectivity index (χ4n) is 1.79. The van der Waals surface area contributed by atoms with Crippen LogP contribution in [0.5, 0.6) is 5.75 Å². The molecule has 0 aromatic heterocycles. The van der Waals surface area contributed by atoms with Gasteiger partial charge in [0, 0.05) is 4.47 Å². The molecular formula is C14H13BrN2O2. The number of aromatic hydroxyl groups is 1. The summed E-state index contributed by atoms with van der Waals surface area (Å²) in [4.78, 5) is 12.1. The molecule has 0 fully saturated rings. The molecule has 0 spiro atoms. The van der Waals surface area contributed by atoms with E-state index in [2.05, 4.69) is 21.2 Å². The van der Waals surface area contributed by atoms with Crippen LogP contribution in [-0.4, -0.2) is 11.0 Å². The van der Waals surface area contributed by atoms with Crippen LogP contribution in [0.1, 0.15) is 15.9 Å². The number of aryl methyl sites for hydroxylation is 1. The number of hydrogen-bond donors (Lipinski definition) is 3. The summed E-state index contributed by atoms with van der Waals surface area (Å²) in [6, 6.07) is 9.93. The summed E-state index contributed by atoms with van der Waals surface area (Å²) in [7, 11) is 0. The van der Waals surface area contributed by atoms with Crippen LogP contribution in [0.3, 0.4) is 0 Å². The van der Waals surface area contributed by atoms with Crippen LogP contribution in [0.2, 0.25) is 0 Å². The van der Waals surface area contributed by atoms with Crippen LogP contribution in [0.4, 0.5) is 11.4 Å². The van der Waals surface area contributed by atoms with Gasteiger partial charge < -0.3 is 16.2 Å². The molecule has 1 amide bonds. The number of hydrogen-bond acceptors (Lipinski definition) is 3. The number of carbonyl (C=O) groups is 1. The second-order valence-corrected chi connectivity index (χ2v) is 5.07. The fourth-order valence-corrected chi connectivity index (χ4v) is 2.38. The lowest BCUT2D eigenvalue weighted by Gasteiger charge is -2.12. The van der Waals surface area contributed by atoms with Crippen molar-refractivity contribution in [2.75, 3.05) is 11.1 Å². The van der Waals surface area contributed by atoms with Gasteiger partial charge in [0.15, 0.2) is 0 Å². The zero-order chi connectivity index (χ0) is 14.0. The van der Waals surface area contributed by atoms with E-state index in [9.17, 15) is 9.90 Å². The van der Waals surface area contributed by atoms with Crippen molar-refractivity contribution in [3.63, 3.8) is 0 Å². The number of nitrogens with one attached hydrogen (secondary N) is 1. The molecule has 2 aromatic rings. The molecule has 0 heterocycles. The molecule has 0 bridgehead atoms. The third-order valence-corrected chi connectivity index (χ3v) is 3.18. The first-order valence-corrected chi connectivity index (χ1v) is 6.43. The highest BCUT2D eigenvalue weighted by molar-refractivity contribution is 9.10. The Morgan fingerprint density at radius 1 is 1.32 bits per heavy atom. The van der Waals surface area contributed by atoms with Gasteiger partial charge in [-0.2, -0.15) is 0 Å². The highest BCUT2D eigenvalue weighted by atomic mass is 79.9. The van der Waals surface area contributed by atoms with Gasteiger partial charge in [0.05, 0.1) is 16.9 Å². The van der Waals surface area contributed by atoms with Gasteiger partial charge >= 0.3 is 0 Å². The Labute approximate surface area is 119 Å². The Morgan fingerprint density at radius 2 is 2.00 bits per heavy atom. The summed E-state index contributed by atoms with van der Waals surface area (Å²) in [6.07, 6.45) is 0. The standard InChI is InChI=1S/C14H13BrN2O2/c1-8-6-9(15)7-11(16)13(8)17-14(19)10-4-2-3-5-12(10)18/h2-7,18H,16H2,1H3,(H,17,19). The number of benzene rings is 2. The van der Waals surface area contributed by atoms with E-state index < -0.39 is 5.91 Å². The quantitative estimate of drug-likeness (QED) is 0.743. The molecule has 4 nitrogen and oxygen atoms in total. The van der Waals surface area contributed by atoms with Gasteiger partial charge in [-0.25, -0.2) is 0 Å². The summed E-state index contributed by atoms with van der Waals surface area (Å²) in [5.41, 5.74) is 7.96. The summed E-state index contributed by atoms with van der Waals surface area (Å²) in [5.74, 6) is -0.455. The van der Waals surface area contributed by atoms with E-state index in [1.54, 1.807) is 24.3 Å². The van der Waals surface area contributed by atoms with Crippen molar-refractivity contribution in [3.8, 4) is 5.75 Å².